The molecule has 0 aliphatic carbocycles. The molecule has 0 fully saturated rings. The molecule has 2 rings (SSSR count). The van der Waals surface area contributed by atoms with E-state index in [1.54, 1.807) is 13.2 Å². The van der Waals surface area contributed by atoms with Gasteiger partial charge in [0.1, 0.15) is 18.0 Å². The van der Waals surface area contributed by atoms with Crippen LogP contribution in [0, 0.1) is 12.7 Å². The molecule has 2 heterocycles. The number of anilines is 1. The van der Waals surface area contributed by atoms with Gasteiger partial charge < -0.3 is 5.32 Å². The SMILES string of the molecule is CNc1ncnc(-c2cncc(F)c2)c1C. The Labute approximate surface area is 92.6 Å². The fraction of sp³-hybridized carbons (Fsp3) is 0.182. The third-order valence-corrected chi connectivity index (χ3v) is 2.30. The van der Waals surface area contributed by atoms with E-state index < -0.39 is 0 Å². The highest BCUT2D eigenvalue weighted by Crippen LogP contribution is 2.23. The first-order valence-corrected chi connectivity index (χ1v) is 4.82. The van der Waals surface area contributed by atoms with Crippen molar-refractivity contribution in [2.45, 2.75) is 6.92 Å². The molecule has 5 heteroatoms. The van der Waals surface area contributed by atoms with Crippen LogP contribution >= 0.6 is 0 Å². The van der Waals surface area contributed by atoms with Gasteiger partial charge in [0.15, 0.2) is 0 Å². The Hall–Kier alpha value is -2.04. The maximum Gasteiger partial charge on any atom is 0.142 e. The summed E-state index contributed by atoms with van der Waals surface area (Å²) in [5.74, 6) is 0.357. The second-order valence-corrected chi connectivity index (χ2v) is 3.34. The molecule has 0 aliphatic rings. The van der Waals surface area contributed by atoms with E-state index in [2.05, 4.69) is 20.3 Å². The van der Waals surface area contributed by atoms with Gasteiger partial charge in [-0.2, -0.15) is 0 Å². The van der Waals surface area contributed by atoms with E-state index in [-0.39, 0.29) is 5.82 Å². The molecule has 0 atom stereocenters. The number of nitrogens with one attached hydrogen (secondary N) is 1. The van der Waals surface area contributed by atoms with E-state index in [4.69, 9.17) is 0 Å². The van der Waals surface area contributed by atoms with Gasteiger partial charge in [0, 0.05) is 24.4 Å². The standard InChI is InChI=1S/C11H11FN4/c1-7-10(15-6-16-11(7)13-2)8-3-9(12)5-14-4-8/h3-6H,1-2H3,(H,13,15,16). The van der Waals surface area contributed by atoms with Crippen molar-refractivity contribution >= 4 is 5.82 Å². The zero-order valence-corrected chi connectivity index (χ0v) is 9.03. The third kappa shape index (κ3) is 1.84. The Morgan fingerprint density at radius 1 is 1.25 bits per heavy atom. The topological polar surface area (TPSA) is 50.7 Å². The highest BCUT2D eigenvalue weighted by atomic mass is 19.1. The van der Waals surface area contributed by atoms with Gasteiger partial charge in [0.2, 0.25) is 0 Å². The van der Waals surface area contributed by atoms with E-state index in [9.17, 15) is 4.39 Å². The van der Waals surface area contributed by atoms with Crippen LogP contribution in [0.2, 0.25) is 0 Å². The van der Waals surface area contributed by atoms with Gasteiger partial charge in [-0.1, -0.05) is 0 Å². The number of hydrogen-bond acceptors (Lipinski definition) is 4. The van der Waals surface area contributed by atoms with E-state index in [0.717, 1.165) is 11.4 Å². The highest BCUT2D eigenvalue weighted by molar-refractivity contribution is 5.66. The van der Waals surface area contributed by atoms with Crippen molar-refractivity contribution in [1.82, 2.24) is 15.0 Å². The van der Waals surface area contributed by atoms with Crippen LogP contribution in [0.25, 0.3) is 11.3 Å². The quantitative estimate of drug-likeness (QED) is 0.837. The average molecular weight is 218 g/mol. The van der Waals surface area contributed by atoms with Gasteiger partial charge in [-0.3, -0.25) is 4.98 Å². The summed E-state index contributed by atoms with van der Waals surface area (Å²) in [6.45, 7) is 1.88. The average Bonchev–Trinajstić information content (AvgIpc) is 2.29. The number of nitrogens with zero attached hydrogens (tertiary/aromatic N) is 3. The van der Waals surface area contributed by atoms with Gasteiger partial charge in [0.25, 0.3) is 0 Å². The Balaban J connectivity index is 2.56. The molecule has 2 aromatic heterocycles. The molecule has 1 N–H and O–H groups in total. The molecule has 0 bridgehead atoms. The highest BCUT2D eigenvalue weighted by Gasteiger charge is 2.08. The first-order valence-electron chi connectivity index (χ1n) is 4.82. The predicted octanol–water partition coefficient (Wildman–Crippen LogP) is 2.03. The summed E-state index contributed by atoms with van der Waals surface area (Å²) >= 11 is 0. The lowest BCUT2D eigenvalue weighted by Crippen LogP contribution is -1.99. The second-order valence-electron chi connectivity index (χ2n) is 3.34. The van der Waals surface area contributed by atoms with Crippen molar-refractivity contribution in [2.24, 2.45) is 0 Å². The molecule has 0 aromatic carbocycles. The van der Waals surface area contributed by atoms with Crippen LogP contribution in [0.5, 0.6) is 0 Å². The molecular formula is C11H11FN4. The molecule has 0 amide bonds. The van der Waals surface area contributed by atoms with E-state index in [1.165, 1.54) is 18.6 Å². The predicted molar refractivity (Wildman–Crippen MR) is 59.5 cm³/mol. The van der Waals surface area contributed by atoms with Gasteiger partial charge in [-0.15, -0.1) is 0 Å². The van der Waals surface area contributed by atoms with Crippen molar-refractivity contribution in [3.63, 3.8) is 0 Å². The minimum atomic E-state index is -0.374. The molecule has 4 nitrogen and oxygen atoms in total. The zero-order valence-electron chi connectivity index (χ0n) is 9.03. The van der Waals surface area contributed by atoms with Crippen LogP contribution < -0.4 is 5.32 Å². The number of hydrogen-bond donors (Lipinski definition) is 1. The largest absolute Gasteiger partial charge is 0.373 e. The van der Waals surface area contributed by atoms with Crippen molar-refractivity contribution in [2.75, 3.05) is 12.4 Å². The summed E-state index contributed by atoms with van der Waals surface area (Å²) in [5, 5.41) is 2.95. The molecular weight excluding hydrogens is 207 g/mol. The minimum Gasteiger partial charge on any atom is -0.373 e. The zero-order chi connectivity index (χ0) is 11.5. The monoisotopic (exact) mass is 218 g/mol. The lowest BCUT2D eigenvalue weighted by molar-refractivity contribution is 0.622. The van der Waals surface area contributed by atoms with Gasteiger partial charge in [0.05, 0.1) is 11.9 Å². The molecule has 2 aromatic rings. The van der Waals surface area contributed by atoms with Gasteiger partial charge in [-0.25, -0.2) is 14.4 Å². The molecule has 0 aliphatic heterocycles. The first-order chi connectivity index (χ1) is 7.72. The normalized spacial score (nSPS) is 10.2. The second kappa shape index (κ2) is 4.22. The minimum absolute atomic E-state index is 0.374. The number of rotatable bonds is 2. The molecule has 16 heavy (non-hydrogen) atoms. The van der Waals surface area contributed by atoms with E-state index in [0.29, 0.717) is 11.3 Å². The Morgan fingerprint density at radius 2 is 2.06 bits per heavy atom. The van der Waals surface area contributed by atoms with Crippen molar-refractivity contribution in [3.8, 4) is 11.3 Å². The Morgan fingerprint density at radius 3 is 2.75 bits per heavy atom. The maximum atomic E-state index is 13.0. The summed E-state index contributed by atoms with van der Waals surface area (Å²) in [6, 6.07) is 1.40. The summed E-state index contributed by atoms with van der Waals surface area (Å²) in [6.07, 6.45) is 4.19. The van der Waals surface area contributed by atoms with Crippen molar-refractivity contribution in [3.05, 3.63) is 36.2 Å². The van der Waals surface area contributed by atoms with E-state index >= 15 is 0 Å². The summed E-state index contributed by atoms with van der Waals surface area (Å²) in [5.41, 5.74) is 2.21. The van der Waals surface area contributed by atoms with Crippen LogP contribution in [0.3, 0.4) is 0 Å². The van der Waals surface area contributed by atoms with Crippen LogP contribution in [0.15, 0.2) is 24.8 Å². The summed E-state index contributed by atoms with van der Waals surface area (Å²) in [4.78, 5) is 12.0. The molecule has 0 saturated heterocycles. The van der Waals surface area contributed by atoms with Crippen LogP contribution in [0.4, 0.5) is 10.2 Å². The van der Waals surface area contributed by atoms with Gasteiger partial charge in [-0.05, 0) is 13.0 Å². The molecule has 0 unspecified atom stereocenters. The Bertz CT molecular complexity index is 513. The fourth-order valence-electron chi connectivity index (χ4n) is 1.53. The number of aromatic nitrogens is 3. The maximum absolute atomic E-state index is 13.0. The van der Waals surface area contributed by atoms with Crippen molar-refractivity contribution < 1.29 is 4.39 Å². The third-order valence-electron chi connectivity index (χ3n) is 2.30. The molecule has 82 valence electrons. The van der Waals surface area contributed by atoms with Crippen molar-refractivity contribution in [1.29, 1.82) is 0 Å². The molecule has 0 saturated carbocycles. The smallest absolute Gasteiger partial charge is 0.142 e. The van der Waals surface area contributed by atoms with Gasteiger partial charge >= 0.3 is 0 Å². The lowest BCUT2D eigenvalue weighted by atomic mass is 10.1. The Kier molecular flexibility index (Phi) is 2.76. The lowest BCUT2D eigenvalue weighted by Gasteiger charge is -2.08. The molecule has 0 radical (unpaired) electrons. The number of pyridine rings is 1. The van der Waals surface area contributed by atoms with E-state index in [1.807, 2.05) is 6.92 Å². The van der Waals surface area contributed by atoms with Crippen LogP contribution in [-0.4, -0.2) is 22.0 Å². The number of halogens is 1. The van der Waals surface area contributed by atoms with Crippen LogP contribution in [0.1, 0.15) is 5.56 Å². The first kappa shape index (κ1) is 10.5. The molecule has 0 spiro atoms. The summed E-state index contributed by atoms with van der Waals surface area (Å²) < 4.78 is 13.0. The summed E-state index contributed by atoms with van der Waals surface area (Å²) in [7, 11) is 1.78. The fourth-order valence-corrected chi connectivity index (χ4v) is 1.53. The van der Waals surface area contributed by atoms with Crippen LogP contribution in [-0.2, 0) is 0 Å².